The Balaban J connectivity index is 2.43. The van der Waals surface area contributed by atoms with Gasteiger partial charge in [-0.15, -0.1) is 0 Å². The van der Waals surface area contributed by atoms with Crippen LogP contribution >= 0.6 is 11.6 Å². The molecule has 2 aromatic heterocycles. The molecule has 0 N–H and O–H groups in total. The molecule has 2 heterocycles. The third-order valence-electron chi connectivity index (χ3n) is 3.80. The van der Waals surface area contributed by atoms with Crippen molar-refractivity contribution in [2.24, 2.45) is 0 Å². The number of benzene rings is 1. The molecule has 0 aliphatic rings. The summed E-state index contributed by atoms with van der Waals surface area (Å²) in [4.78, 5) is 28.7. The molecule has 0 aliphatic heterocycles. The first-order valence-electron chi connectivity index (χ1n) is 7.68. The Morgan fingerprint density at radius 3 is 2.69 bits per heavy atom. The second-order valence-electron chi connectivity index (χ2n) is 5.53. The summed E-state index contributed by atoms with van der Waals surface area (Å²) in [5.74, 6) is -2.18. The molecule has 0 saturated carbocycles. The SMILES string of the molecule is CCOC(=O)c1cn(-c2ccc(F)cc2C)c2nc(Cl)c(F)cc2c1=O. The van der Waals surface area contributed by atoms with Crippen molar-refractivity contribution in [3.8, 4) is 5.69 Å². The molecular weight excluding hydrogens is 366 g/mol. The Bertz CT molecular complexity index is 1100. The van der Waals surface area contributed by atoms with Crippen LogP contribution in [0.1, 0.15) is 22.8 Å². The van der Waals surface area contributed by atoms with Crippen LogP contribution in [0.2, 0.25) is 5.15 Å². The van der Waals surface area contributed by atoms with Gasteiger partial charge in [0.1, 0.15) is 17.0 Å². The molecule has 0 amide bonds. The molecule has 0 saturated heterocycles. The minimum atomic E-state index is -0.889. The summed E-state index contributed by atoms with van der Waals surface area (Å²) >= 11 is 5.76. The smallest absolute Gasteiger partial charge is 0.343 e. The van der Waals surface area contributed by atoms with Gasteiger partial charge in [-0.3, -0.25) is 9.36 Å². The Kier molecular flexibility index (Phi) is 4.73. The van der Waals surface area contributed by atoms with Gasteiger partial charge in [0.05, 0.1) is 17.7 Å². The fourth-order valence-electron chi connectivity index (χ4n) is 2.63. The highest BCUT2D eigenvalue weighted by molar-refractivity contribution is 6.29. The number of ether oxygens (including phenoxy) is 1. The number of nitrogens with zero attached hydrogens (tertiary/aromatic N) is 2. The number of hydrogen-bond donors (Lipinski definition) is 0. The van der Waals surface area contributed by atoms with E-state index in [1.165, 1.54) is 29.0 Å². The average Bonchev–Trinajstić information content (AvgIpc) is 2.58. The number of carbonyl (C=O) groups excluding carboxylic acids is 1. The lowest BCUT2D eigenvalue weighted by molar-refractivity contribution is 0.0524. The van der Waals surface area contributed by atoms with Crippen LogP contribution in [0.5, 0.6) is 0 Å². The Hall–Kier alpha value is -2.80. The summed E-state index contributed by atoms with van der Waals surface area (Å²) in [7, 11) is 0. The lowest BCUT2D eigenvalue weighted by Gasteiger charge is -2.15. The van der Waals surface area contributed by atoms with Crippen molar-refractivity contribution in [1.29, 1.82) is 0 Å². The van der Waals surface area contributed by atoms with E-state index >= 15 is 0 Å². The molecule has 0 unspecified atom stereocenters. The van der Waals surface area contributed by atoms with Crippen molar-refractivity contribution in [2.75, 3.05) is 6.61 Å². The molecule has 5 nitrogen and oxygen atoms in total. The molecule has 1 aromatic carbocycles. The number of carbonyl (C=O) groups is 1. The standard InChI is InChI=1S/C18H13ClF2N2O3/c1-3-26-18(25)12-8-23(14-5-4-10(20)6-9(14)2)17-11(15(12)24)7-13(21)16(19)22-17/h4-8H,3H2,1-2H3. The van der Waals surface area contributed by atoms with Gasteiger partial charge in [-0.05, 0) is 43.7 Å². The normalized spacial score (nSPS) is 11.0. The van der Waals surface area contributed by atoms with Gasteiger partial charge in [0.2, 0.25) is 5.43 Å². The van der Waals surface area contributed by atoms with E-state index in [1.54, 1.807) is 13.8 Å². The fourth-order valence-corrected chi connectivity index (χ4v) is 2.76. The third kappa shape index (κ3) is 3.06. The van der Waals surface area contributed by atoms with Gasteiger partial charge in [0.25, 0.3) is 0 Å². The summed E-state index contributed by atoms with van der Waals surface area (Å²) in [6.07, 6.45) is 1.24. The number of hydrogen-bond acceptors (Lipinski definition) is 4. The first-order valence-corrected chi connectivity index (χ1v) is 8.06. The second kappa shape index (κ2) is 6.84. The van der Waals surface area contributed by atoms with E-state index in [-0.39, 0.29) is 23.2 Å². The van der Waals surface area contributed by atoms with Crippen molar-refractivity contribution in [3.63, 3.8) is 0 Å². The Labute approximate surface area is 151 Å². The highest BCUT2D eigenvalue weighted by Crippen LogP contribution is 2.23. The molecule has 0 bridgehead atoms. The topological polar surface area (TPSA) is 61.2 Å². The van der Waals surface area contributed by atoms with E-state index in [0.717, 1.165) is 6.07 Å². The van der Waals surface area contributed by atoms with Crippen molar-refractivity contribution in [2.45, 2.75) is 13.8 Å². The monoisotopic (exact) mass is 378 g/mol. The van der Waals surface area contributed by atoms with Gasteiger partial charge in [-0.25, -0.2) is 18.6 Å². The van der Waals surface area contributed by atoms with Crippen LogP contribution in [0.3, 0.4) is 0 Å². The van der Waals surface area contributed by atoms with Gasteiger partial charge in [-0.2, -0.15) is 0 Å². The van der Waals surface area contributed by atoms with Gasteiger partial charge >= 0.3 is 5.97 Å². The lowest BCUT2D eigenvalue weighted by atomic mass is 10.1. The lowest BCUT2D eigenvalue weighted by Crippen LogP contribution is -2.21. The third-order valence-corrected chi connectivity index (χ3v) is 4.07. The van der Waals surface area contributed by atoms with E-state index in [9.17, 15) is 18.4 Å². The zero-order valence-corrected chi connectivity index (χ0v) is 14.6. The van der Waals surface area contributed by atoms with Gasteiger partial charge in [-0.1, -0.05) is 11.6 Å². The number of rotatable bonds is 3. The van der Waals surface area contributed by atoms with E-state index in [4.69, 9.17) is 16.3 Å². The summed E-state index contributed by atoms with van der Waals surface area (Å²) in [6.45, 7) is 3.32. The average molecular weight is 379 g/mol. The maximum Gasteiger partial charge on any atom is 0.343 e. The Morgan fingerprint density at radius 2 is 2.04 bits per heavy atom. The summed E-state index contributed by atoms with van der Waals surface area (Å²) in [6, 6.07) is 4.89. The fraction of sp³-hybridized carbons (Fsp3) is 0.167. The van der Waals surface area contributed by atoms with Crippen LogP contribution in [-0.4, -0.2) is 22.1 Å². The number of aromatic nitrogens is 2. The molecule has 0 spiro atoms. The van der Waals surface area contributed by atoms with E-state index in [0.29, 0.717) is 11.3 Å². The van der Waals surface area contributed by atoms with Crippen LogP contribution in [-0.2, 0) is 4.74 Å². The quantitative estimate of drug-likeness (QED) is 0.513. The van der Waals surface area contributed by atoms with Crippen molar-refractivity contribution in [3.05, 3.63) is 68.6 Å². The predicted molar refractivity (Wildman–Crippen MR) is 93.0 cm³/mol. The van der Waals surface area contributed by atoms with Crippen LogP contribution in [0, 0.1) is 18.6 Å². The highest BCUT2D eigenvalue weighted by Gasteiger charge is 2.20. The zero-order chi connectivity index (χ0) is 19.0. The summed E-state index contributed by atoms with van der Waals surface area (Å²) < 4.78 is 33.6. The van der Waals surface area contributed by atoms with Crippen LogP contribution in [0.4, 0.5) is 8.78 Å². The summed E-state index contributed by atoms with van der Waals surface area (Å²) in [5.41, 5.74) is 0.0115. The predicted octanol–water partition coefficient (Wildman–Crippen LogP) is 3.80. The van der Waals surface area contributed by atoms with Gasteiger partial charge in [0.15, 0.2) is 11.0 Å². The number of esters is 1. The molecule has 0 aliphatic carbocycles. The van der Waals surface area contributed by atoms with Crippen LogP contribution in [0.25, 0.3) is 16.7 Å². The molecule has 0 fully saturated rings. The molecule has 3 rings (SSSR count). The molecule has 26 heavy (non-hydrogen) atoms. The molecule has 134 valence electrons. The summed E-state index contributed by atoms with van der Waals surface area (Å²) in [5, 5.41) is -0.560. The van der Waals surface area contributed by atoms with Gasteiger partial charge in [0, 0.05) is 6.20 Å². The van der Waals surface area contributed by atoms with E-state index < -0.39 is 28.2 Å². The number of halogens is 3. The van der Waals surface area contributed by atoms with Crippen molar-refractivity contribution >= 4 is 28.6 Å². The van der Waals surface area contributed by atoms with Crippen molar-refractivity contribution in [1.82, 2.24) is 9.55 Å². The first kappa shape index (κ1) is 18.0. The van der Waals surface area contributed by atoms with Crippen molar-refractivity contribution < 1.29 is 18.3 Å². The molecular formula is C18H13ClF2N2O3. The second-order valence-corrected chi connectivity index (χ2v) is 5.88. The number of fused-ring (bicyclic) bond motifs is 1. The Morgan fingerprint density at radius 1 is 1.31 bits per heavy atom. The number of aryl methyl sites for hydroxylation is 1. The molecule has 8 heteroatoms. The van der Waals surface area contributed by atoms with Crippen LogP contribution in [0.15, 0.2) is 35.3 Å². The van der Waals surface area contributed by atoms with E-state index in [2.05, 4.69) is 4.98 Å². The molecule has 0 radical (unpaired) electrons. The van der Waals surface area contributed by atoms with Gasteiger partial charge < -0.3 is 4.74 Å². The molecule has 3 aromatic rings. The minimum Gasteiger partial charge on any atom is -0.462 e. The first-order chi connectivity index (χ1) is 12.3. The number of pyridine rings is 2. The maximum absolute atomic E-state index is 13.9. The maximum atomic E-state index is 13.9. The van der Waals surface area contributed by atoms with E-state index in [1.807, 2.05) is 0 Å². The molecule has 0 atom stereocenters. The largest absolute Gasteiger partial charge is 0.462 e. The highest BCUT2D eigenvalue weighted by atomic mass is 35.5. The zero-order valence-electron chi connectivity index (χ0n) is 13.8. The van der Waals surface area contributed by atoms with Crippen LogP contribution < -0.4 is 5.43 Å². The minimum absolute atomic E-state index is 0.0455.